The number of carbonyl (C=O) groups excluding carboxylic acids is 1. The molecule has 31 heavy (non-hydrogen) atoms. The standard InChI is InChI=1S/C7H14O.2C5H12O.C5H10O.C5H10/c1-6(2,8)7(3)4-5-7;1-5(2,3)4-6;1-4-5(2,3)6;1-3-4-5(2)6;1-5(2)3-4-5/h8H,4-5H2,1-3H3;2*6H,4H2,1-3H3;3-4H2,1-2H3;3-4H2,1-2H3. The minimum absolute atomic E-state index is 0.0972. The van der Waals surface area contributed by atoms with E-state index >= 15 is 0 Å². The lowest BCUT2D eigenvalue weighted by molar-refractivity contribution is -0.117. The summed E-state index contributed by atoms with van der Waals surface area (Å²) in [5.74, 6) is 0.289. The molecule has 2 aliphatic carbocycles. The van der Waals surface area contributed by atoms with E-state index in [1.807, 2.05) is 48.5 Å². The molecule has 0 aromatic rings. The zero-order valence-corrected chi connectivity index (χ0v) is 23.4. The van der Waals surface area contributed by atoms with Crippen molar-refractivity contribution in [1.82, 2.24) is 0 Å². The summed E-state index contributed by atoms with van der Waals surface area (Å²) in [5, 5.41) is 26.6. The predicted octanol–water partition coefficient (Wildman–Crippen LogP) is 6.93. The van der Waals surface area contributed by atoms with E-state index in [0.29, 0.717) is 0 Å². The van der Waals surface area contributed by atoms with Crippen LogP contribution in [0.2, 0.25) is 0 Å². The third-order valence-electron chi connectivity index (χ3n) is 5.67. The van der Waals surface area contributed by atoms with Gasteiger partial charge in [0.05, 0.1) is 11.2 Å². The average Bonchev–Trinajstić information content (AvgIpc) is 3.47. The summed E-state index contributed by atoms with van der Waals surface area (Å²) < 4.78 is 0. The Morgan fingerprint density at radius 3 is 1.13 bits per heavy atom. The van der Waals surface area contributed by atoms with E-state index in [-0.39, 0.29) is 23.2 Å². The first kappa shape index (κ1) is 35.1. The molecule has 0 heterocycles. The Morgan fingerprint density at radius 2 is 1.13 bits per heavy atom. The molecule has 0 aromatic heterocycles. The molecule has 2 aliphatic rings. The maximum absolute atomic E-state index is 10.0. The zero-order chi connectivity index (χ0) is 25.7. The number of aliphatic hydroxyl groups excluding tert-OH is 1. The Labute approximate surface area is 195 Å². The van der Waals surface area contributed by atoms with E-state index in [2.05, 4.69) is 20.8 Å². The maximum atomic E-state index is 10.0. The molecule has 2 fully saturated rings. The Morgan fingerprint density at radius 1 is 0.839 bits per heavy atom. The van der Waals surface area contributed by atoms with Crippen LogP contribution in [0.4, 0.5) is 0 Å². The van der Waals surface area contributed by atoms with Crippen molar-refractivity contribution >= 4 is 5.78 Å². The molecule has 190 valence electrons. The van der Waals surface area contributed by atoms with Gasteiger partial charge in [-0.15, -0.1) is 0 Å². The van der Waals surface area contributed by atoms with E-state index in [1.54, 1.807) is 20.8 Å². The molecule has 3 N–H and O–H groups in total. The first-order valence-corrected chi connectivity index (χ1v) is 12.1. The third-order valence-corrected chi connectivity index (χ3v) is 5.67. The molecule has 0 aromatic carbocycles. The van der Waals surface area contributed by atoms with Gasteiger partial charge in [0.25, 0.3) is 0 Å². The van der Waals surface area contributed by atoms with E-state index in [0.717, 1.165) is 24.7 Å². The van der Waals surface area contributed by atoms with E-state index in [9.17, 15) is 9.90 Å². The molecule has 0 radical (unpaired) electrons. The number of hydrogen-bond acceptors (Lipinski definition) is 4. The van der Waals surface area contributed by atoms with Crippen molar-refractivity contribution in [2.24, 2.45) is 16.2 Å². The molecule has 0 unspecified atom stereocenters. The Kier molecular flexibility index (Phi) is 16.6. The van der Waals surface area contributed by atoms with Crippen molar-refractivity contribution < 1.29 is 20.1 Å². The topological polar surface area (TPSA) is 77.8 Å². The summed E-state index contributed by atoms with van der Waals surface area (Å²) in [7, 11) is 0. The molecular weight excluding hydrogens is 388 g/mol. The molecule has 0 bridgehead atoms. The highest BCUT2D eigenvalue weighted by Crippen LogP contribution is 2.53. The second kappa shape index (κ2) is 14.6. The van der Waals surface area contributed by atoms with Crippen molar-refractivity contribution in [3.8, 4) is 0 Å². The quantitative estimate of drug-likeness (QED) is 0.437. The summed E-state index contributed by atoms with van der Waals surface area (Å²) in [4.78, 5) is 10.0. The minimum atomic E-state index is -0.458. The fourth-order valence-electron chi connectivity index (χ4n) is 1.40. The van der Waals surface area contributed by atoms with Gasteiger partial charge in [0.15, 0.2) is 0 Å². The average molecular weight is 447 g/mol. The second-order valence-electron chi connectivity index (χ2n) is 12.6. The fraction of sp³-hybridized carbons (Fsp3) is 0.963. The van der Waals surface area contributed by atoms with Crippen LogP contribution in [0.3, 0.4) is 0 Å². The van der Waals surface area contributed by atoms with Crippen LogP contribution >= 0.6 is 0 Å². The van der Waals surface area contributed by atoms with Gasteiger partial charge in [-0.1, -0.05) is 55.4 Å². The Hall–Kier alpha value is -0.450. The second-order valence-corrected chi connectivity index (χ2v) is 12.6. The van der Waals surface area contributed by atoms with Crippen LogP contribution < -0.4 is 0 Å². The number of rotatable bonds is 4. The number of Topliss-reactive ketones (excluding diaryl/α,β-unsaturated/α-hetero) is 1. The van der Waals surface area contributed by atoms with Crippen LogP contribution in [-0.2, 0) is 4.79 Å². The summed E-state index contributed by atoms with van der Waals surface area (Å²) >= 11 is 0. The molecule has 0 spiro atoms. The Bertz CT molecular complexity index is 432. The van der Waals surface area contributed by atoms with Crippen molar-refractivity contribution in [3.05, 3.63) is 0 Å². The highest BCUT2D eigenvalue weighted by Gasteiger charge is 2.49. The van der Waals surface area contributed by atoms with Gasteiger partial charge in [0.2, 0.25) is 0 Å². The predicted molar refractivity (Wildman–Crippen MR) is 135 cm³/mol. The van der Waals surface area contributed by atoms with Crippen LogP contribution in [0.1, 0.15) is 135 Å². The molecule has 2 rings (SSSR count). The van der Waals surface area contributed by atoms with Crippen LogP contribution in [0.5, 0.6) is 0 Å². The summed E-state index contributed by atoms with van der Waals surface area (Å²) in [6.45, 7) is 25.9. The van der Waals surface area contributed by atoms with Crippen LogP contribution in [0.15, 0.2) is 0 Å². The summed E-state index contributed by atoms with van der Waals surface area (Å²) in [5.41, 5.74) is 0.181. The summed E-state index contributed by atoms with van der Waals surface area (Å²) in [6, 6.07) is 0. The lowest BCUT2D eigenvalue weighted by Crippen LogP contribution is -2.29. The third kappa shape index (κ3) is 29.6. The van der Waals surface area contributed by atoms with E-state index < -0.39 is 11.2 Å². The SMILES string of the molecule is CC(C)(C)CO.CC(C)(O)C1(C)CC1.CC1(C)CC1.CCC(C)(C)O.CCCC(C)=O. The highest BCUT2D eigenvalue weighted by atomic mass is 16.3. The number of carbonyl (C=O) groups is 1. The van der Waals surface area contributed by atoms with Gasteiger partial charge < -0.3 is 20.1 Å². The molecular formula is C27H58O4. The molecule has 2 saturated carbocycles. The highest BCUT2D eigenvalue weighted by molar-refractivity contribution is 5.75. The monoisotopic (exact) mass is 446 g/mol. The lowest BCUT2D eigenvalue weighted by Gasteiger charge is -2.24. The van der Waals surface area contributed by atoms with Crippen molar-refractivity contribution in [2.75, 3.05) is 6.61 Å². The van der Waals surface area contributed by atoms with Gasteiger partial charge in [0, 0.05) is 13.0 Å². The first-order chi connectivity index (χ1) is 13.6. The number of aliphatic hydroxyl groups is 3. The van der Waals surface area contributed by atoms with Gasteiger partial charge in [-0.25, -0.2) is 0 Å². The Balaban J connectivity index is -0.000000319. The molecule has 4 heteroatoms. The fourth-order valence-corrected chi connectivity index (χ4v) is 1.40. The maximum Gasteiger partial charge on any atom is 0.129 e. The largest absolute Gasteiger partial charge is 0.396 e. The van der Waals surface area contributed by atoms with E-state index in [1.165, 1.54) is 25.7 Å². The van der Waals surface area contributed by atoms with Gasteiger partial charge >= 0.3 is 0 Å². The minimum Gasteiger partial charge on any atom is -0.396 e. The first-order valence-electron chi connectivity index (χ1n) is 12.1. The van der Waals surface area contributed by atoms with Crippen LogP contribution in [0, 0.1) is 16.2 Å². The van der Waals surface area contributed by atoms with Gasteiger partial charge in [-0.3, -0.25) is 0 Å². The van der Waals surface area contributed by atoms with E-state index in [4.69, 9.17) is 10.2 Å². The normalized spacial score (nSPS) is 17.7. The van der Waals surface area contributed by atoms with Crippen LogP contribution in [0.25, 0.3) is 0 Å². The number of hydrogen-bond donors (Lipinski definition) is 3. The molecule has 4 nitrogen and oxygen atoms in total. The zero-order valence-electron chi connectivity index (χ0n) is 23.4. The summed E-state index contributed by atoms with van der Waals surface area (Å²) in [6.07, 6.45) is 7.83. The van der Waals surface area contributed by atoms with Crippen molar-refractivity contribution in [2.45, 2.75) is 146 Å². The molecule has 0 atom stereocenters. The van der Waals surface area contributed by atoms with Crippen molar-refractivity contribution in [3.63, 3.8) is 0 Å². The van der Waals surface area contributed by atoms with Crippen LogP contribution in [-0.4, -0.2) is 38.9 Å². The van der Waals surface area contributed by atoms with Gasteiger partial charge in [-0.05, 0) is 89.4 Å². The molecule has 0 amide bonds. The van der Waals surface area contributed by atoms with Gasteiger partial charge in [0.1, 0.15) is 5.78 Å². The molecule has 0 aliphatic heterocycles. The van der Waals surface area contributed by atoms with Crippen molar-refractivity contribution in [1.29, 1.82) is 0 Å². The number of ketones is 1. The van der Waals surface area contributed by atoms with Gasteiger partial charge in [-0.2, -0.15) is 0 Å². The molecule has 0 saturated heterocycles. The smallest absolute Gasteiger partial charge is 0.129 e. The lowest BCUT2D eigenvalue weighted by atomic mass is 9.90.